The van der Waals surface area contributed by atoms with Crippen molar-refractivity contribution in [1.82, 2.24) is 4.90 Å². The number of hydrogen-bond donors (Lipinski definition) is 1. The van der Waals surface area contributed by atoms with E-state index in [4.69, 9.17) is 5.73 Å². The van der Waals surface area contributed by atoms with Crippen LogP contribution < -0.4 is 5.73 Å². The standard InChI is InChI=1S/C18H21N3O3/c1-12(2)20(11-14-5-8-16(9-6-14)21(23)24)18(22)17-10-15(19)7-4-13(17)3/h4-10,12H,11,19H2,1-3H3. The van der Waals surface area contributed by atoms with E-state index in [1.807, 2.05) is 26.8 Å². The molecule has 0 aliphatic rings. The Morgan fingerprint density at radius 3 is 2.38 bits per heavy atom. The molecular formula is C18H21N3O3. The third-order valence-corrected chi connectivity index (χ3v) is 3.88. The van der Waals surface area contributed by atoms with Gasteiger partial charge in [-0.2, -0.15) is 0 Å². The number of nitro groups is 1. The lowest BCUT2D eigenvalue weighted by atomic mass is 10.0. The summed E-state index contributed by atoms with van der Waals surface area (Å²) in [4.78, 5) is 24.9. The number of amides is 1. The SMILES string of the molecule is Cc1ccc(N)cc1C(=O)N(Cc1ccc([N+](=O)[O-])cc1)C(C)C. The molecule has 2 rings (SSSR count). The molecule has 0 saturated heterocycles. The van der Waals surface area contributed by atoms with E-state index in [1.165, 1.54) is 12.1 Å². The molecule has 0 heterocycles. The van der Waals surface area contributed by atoms with Crippen molar-refractivity contribution in [3.05, 3.63) is 69.3 Å². The van der Waals surface area contributed by atoms with Gasteiger partial charge < -0.3 is 10.6 Å². The van der Waals surface area contributed by atoms with Crippen molar-refractivity contribution in [3.63, 3.8) is 0 Å². The molecule has 2 aromatic carbocycles. The summed E-state index contributed by atoms with van der Waals surface area (Å²) in [6, 6.07) is 11.5. The van der Waals surface area contributed by atoms with E-state index in [2.05, 4.69) is 0 Å². The number of nitrogen functional groups attached to an aromatic ring is 1. The number of nitrogens with two attached hydrogens (primary N) is 1. The van der Waals surface area contributed by atoms with Crippen LogP contribution in [0.5, 0.6) is 0 Å². The minimum absolute atomic E-state index is 0.0199. The first-order valence-electron chi connectivity index (χ1n) is 7.70. The Morgan fingerprint density at radius 2 is 1.83 bits per heavy atom. The summed E-state index contributed by atoms with van der Waals surface area (Å²) < 4.78 is 0. The maximum atomic E-state index is 12.9. The van der Waals surface area contributed by atoms with Gasteiger partial charge in [0.15, 0.2) is 0 Å². The quantitative estimate of drug-likeness (QED) is 0.517. The molecule has 0 saturated carbocycles. The van der Waals surface area contributed by atoms with Crippen LogP contribution in [0.15, 0.2) is 42.5 Å². The van der Waals surface area contributed by atoms with Gasteiger partial charge in [0.05, 0.1) is 4.92 Å². The molecule has 6 nitrogen and oxygen atoms in total. The highest BCUT2D eigenvalue weighted by Crippen LogP contribution is 2.20. The molecule has 0 aliphatic heterocycles. The van der Waals surface area contributed by atoms with Gasteiger partial charge >= 0.3 is 0 Å². The van der Waals surface area contributed by atoms with Crippen LogP contribution in [-0.4, -0.2) is 21.8 Å². The zero-order chi connectivity index (χ0) is 17.9. The third-order valence-electron chi connectivity index (χ3n) is 3.88. The van der Waals surface area contributed by atoms with E-state index in [0.29, 0.717) is 17.8 Å². The average Bonchev–Trinajstić information content (AvgIpc) is 2.54. The van der Waals surface area contributed by atoms with Crippen LogP contribution in [0.4, 0.5) is 11.4 Å². The molecule has 0 bridgehead atoms. The van der Waals surface area contributed by atoms with E-state index in [-0.39, 0.29) is 17.6 Å². The van der Waals surface area contributed by atoms with Gasteiger partial charge in [0.1, 0.15) is 0 Å². The van der Waals surface area contributed by atoms with E-state index >= 15 is 0 Å². The monoisotopic (exact) mass is 327 g/mol. The Labute approximate surface area is 141 Å². The summed E-state index contributed by atoms with van der Waals surface area (Å²) >= 11 is 0. The van der Waals surface area contributed by atoms with Crippen molar-refractivity contribution >= 4 is 17.3 Å². The van der Waals surface area contributed by atoms with E-state index in [0.717, 1.165) is 11.1 Å². The van der Waals surface area contributed by atoms with Crippen LogP contribution in [0.1, 0.15) is 35.3 Å². The van der Waals surface area contributed by atoms with Crippen molar-refractivity contribution in [1.29, 1.82) is 0 Å². The predicted octanol–water partition coefficient (Wildman–Crippen LogP) is 3.54. The largest absolute Gasteiger partial charge is 0.399 e. The molecule has 126 valence electrons. The van der Waals surface area contributed by atoms with Gasteiger partial charge in [-0.25, -0.2) is 0 Å². The lowest BCUT2D eigenvalue weighted by Gasteiger charge is -2.27. The molecule has 6 heteroatoms. The van der Waals surface area contributed by atoms with Gasteiger partial charge in [-0.3, -0.25) is 14.9 Å². The molecule has 0 spiro atoms. The van der Waals surface area contributed by atoms with Crippen LogP contribution >= 0.6 is 0 Å². The number of nitrogens with zero attached hydrogens (tertiary/aromatic N) is 2. The minimum atomic E-state index is -0.439. The first-order chi connectivity index (χ1) is 11.3. The van der Waals surface area contributed by atoms with Gasteiger partial charge in [-0.15, -0.1) is 0 Å². The molecule has 0 fully saturated rings. The smallest absolute Gasteiger partial charge is 0.269 e. The van der Waals surface area contributed by atoms with Crippen LogP contribution in [0, 0.1) is 17.0 Å². The molecule has 0 aliphatic carbocycles. The highest BCUT2D eigenvalue weighted by atomic mass is 16.6. The zero-order valence-corrected chi connectivity index (χ0v) is 14.0. The molecule has 24 heavy (non-hydrogen) atoms. The number of non-ortho nitro benzene ring substituents is 1. The molecule has 0 radical (unpaired) electrons. The van der Waals surface area contributed by atoms with Crippen molar-refractivity contribution in [3.8, 4) is 0 Å². The molecule has 2 aromatic rings. The van der Waals surface area contributed by atoms with E-state index in [9.17, 15) is 14.9 Å². The second-order valence-electron chi connectivity index (χ2n) is 6.02. The first kappa shape index (κ1) is 17.5. The fraction of sp³-hybridized carbons (Fsp3) is 0.278. The topological polar surface area (TPSA) is 89.5 Å². The lowest BCUT2D eigenvalue weighted by molar-refractivity contribution is -0.384. The number of anilines is 1. The van der Waals surface area contributed by atoms with Gasteiger partial charge in [0.2, 0.25) is 0 Å². The molecule has 0 unspecified atom stereocenters. The number of carbonyl (C=O) groups is 1. The van der Waals surface area contributed by atoms with Crippen LogP contribution in [0.2, 0.25) is 0 Å². The first-order valence-corrected chi connectivity index (χ1v) is 7.70. The summed E-state index contributed by atoms with van der Waals surface area (Å²) in [5, 5.41) is 10.7. The second kappa shape index (κ2) is 7.12. The highest BCUT2D eigenvalue weighted by molar-refractivity contribution is 5.96. The summed E-state index contributed by atoms with van der Waals surface area (Å²) in [5.74, 6) is -0.104. The Balaban J connectivity index is 2.27. The van der Waals surface area contributed by atoms with Gasteiger partial charge in [0, 0.05) is 36.0 Å². The Morgan fingerprint density at radius 1 is 1.21 bits per heavy atom. The maximum absolute atomic E-state index is 12.9. The van der Waals surface area contributed by atoms with Gasteiger partial charge in [-0.05, 0) is 44.0 Å². The molecule has 0 aromatic heterocycles. The number of nitro benzene ring substituents is 1. The number of benzene rings is 2. The predicted molar refractivity (Wildman–Crippen MR) is 93.7 cm³/mol. The fourth-order valence-electron chi connectivity index (χ4n) is 2.43. The van der Waals surface area contributed by atoms with Crippen molar-refractivity contribution < 1.29 is 9.72 Å². The third kappa shape index (κ3) is 3.90. The molecule has 0 atom stereocenters. The number of carbonyl (C=O) groups excluding carboxylic acids is 1. The van der Waals surface area contributed by atoms with E-state index in [1.54, 1.807) is 29.2 Å². The average molecular weight is 327 g/mol. The van der Waals surface area contributed by atoms with Crippen LogP contribution in [-0.2, 0) is 6.54 Å². The molecular weight excluding hydrogens is 306 g/mol. The van der Waals surface area contributed by atoms with Crippen molar-refractivity contribution in [2.45, 2.75) is 33.4 Å². The number of aryl methyl sites for hydroxylation is 1. The zero-order valence-electron chi connectivity index (χ0n) is 14.0. The molecule has 1 amide bonds. The van der Waals surface area contributed by atoms with E-state index < -0.39 is 4.92 Å². The minimum Gasteiger partial charge on any atom is -0.399 e. The molecule has 2 N–H and O–H groups in total. The summed E-state index contributed by atoms with van der Waals surface area (Å²) in [6.45, 7) is 6.12. The fourth-order valence-corrected chi connectivity index (χ4v) is 2.43. The van der Waals surface area contributed by atoms with Gasteiger partial charge in [-0.1, -0.05) is 18.2 Å². The Hall–Kier alpha value is -2.89. The summed E-state index contributed by atoms with van der Waals surface area (Å²) in [7, 11) is 0. The van der Waals surface area contributed by atoms with Crippen LogP contribution in [0.3, 0.4) is 0 Å². The van der Waals surface area contributed by atoms with Crippen molar-refractivity contribution in [2.75, 3.05) is 5.73 Å². The Kier molecular flexibility index (Phi) is 5.18. The maximum Gasteiger partial charge on any atom is 0.269 e. The lowest BCUT2D eigenvalue weighted by Crippen LogP contribution is -2.36. The highest BCUT2D eigenvalue weighted by Gasteiger charge is 2.21. The van der Waals surface area contributed by atoms with Gasteiger partial charge in [0.25, 0.3) is 11.6 Å². The summed E-state index contributed by atoms with van der Waals surface area (Å²) in [5.41, 5.74) is 8.66. The second-order valence-corrected chi connectivity index (χ2v) is 6.02. The van der Waals surface area contributed by atoms with Crippen LogP contribution in [0.25, 0.3) is 0 Å². The normalized spacial score (nSPS) is 10.7. The Bertz CT molecular complexity index is 755. The number of rotatable bonds is 5. The number of hydrogen-bond acceptors (Lipinski definition) is 4. The summed E-state index contributed by atoms with van der Waals surface area (Å²) in [6.07, 6.45) is 0. The van der Waals surface area contributed by atoms with Crippen molar-refractivity contribution in [2.24, 2.45) is 0 Å².